The van der Waals surface area contributed by atoms with Crippen molar-refractivity contribution in [3.63, 3.8) is 0 Å². The smallest absolute Gasteiger partial charge is 0.230 e. The lowest BCUT2D eigenvalue weighted by Crippen LogP contribution is -2.48. The average molecular weight is 423 g/mol. The maximum atomic E-state index is 12.5. The number of imidazole rings is 1. The van der Waals surface area contributed by atoms with Gasteiger partial charge in [-0.1, -0.05) is 44.9 Å². The van der Waals surface area contributed by atoms with Crippen molar-refractivity contribution in [2.24, 2.45) is 5.92 Å². The predicted octanol–water partition coefficient (Wildman–Crippen LogP) is 3.57. The maximum absolute atomic E-state index is 12.5. The highest BCUT2D eigenvalue weighted by Crippen LogP contribution is 2.34. The number of thioether (sulfide) groups is 1. The molecule has 0 radical (unpaired) electrons. The van der Waals surface area contributed by atoms with E-state index in [1.54, 1.807) is 11.8 Å². The number of hydrogen-bond donors (Lipinski definition) is 1. The Morgan fingerprint density at radius 1 is 1.28 bits per heavy atom. The van der Waals surface area contributed by atoms with E-state index in [2.05, 4.69) is 42.5 Å². The number of aromatic nitrogens is 2. The van der Waals surface area contributed by atoms with Crippen molar-refractivity contribution in [1.82, 2.24) is 19.8 Å². The van der Waals surface area contributed by atoms with E-state index in [0.29, 0.717) is 24.3 Å². The monoisotopic (exact) mass is 422 g/mol. The van der Waals surface area contributed by atoms with Crippen LogP contribution in [0.5, 0.6) is 0 Å². The van der Waals surface area contributed by atoms with Gasteiger partial charge in [0.2, 0.25) is 5.91 Å². The molecule has 0 aromatic carbocycles. The topological polar surface area (TPSA) is 59.4 Å². The van der Waals surface area contributed by atoms with Crippen LogP contribution < -0.4 is 5.32 Å². The van der Waals surface area contributed by atoms with Crippen molar-refractivity contribution in [2.75, 3.05) is 38.5 Å². The third-order valence-electron chi connectivity index (χ3n) is 6.00. The third-order valence-corrected chi connectivity index (χ3v) is 6.95. The van der Waals surface area contributed by atoms with Gasteiger partial charge in [-0.15, -0.1) is 0 Å². The van der Waals surface area contributed by atoms with E-state index in [0.717, 1.165) is 37.1 Å². The molecule has 2 heterocycles. The van der Waals surface area contributed by atoms with Gasteiger partial charge in [-0.2, -0.15) is 0 Å². The minimum absolute atomic E-state index is 0.0630. The van der Waals surface area contributed by atoms with Crippen LogP contribution in [-0.2, 0) is 9.53 Å². The highest BCUT2D eigenvalue weighted by molar-refractivity contribution is 7.99. The molecule has 0 unspecified atom stereocenters. The SMILES string of the molecule is Cc1nc(SCC(=O)NC[C@H]2CN(CC(C)C)CCO2)n(C2CCCCC2)c1C. The second kappa shape index (κ2) is 10.8. The van der Waals surface area contributed by atoms with E-state index < -0.39 is 0 Å². The molecule has 2 aliphatic rings. The average Bonchev–Trinajstić information content (AvgIpc) is 2.99. The summed E-state index contributed by atoms with van der Waals surface area (Å²) in [7, 11) is 0. The third kappa shape index (κ3) is 6.46. The minimum Gasteiger partial charge on any atom is -0.374 e. The van der Waals surface area contributed by atoms with Crippen LogP contribution in [-0.4, -0.2) is 65.0 Å². The van der Waals surface area contributed by atoms with Crippen LogP contribution in [0.25, 0.3) is 0 Å². The number of amides is 1. The summed E-state index contributed by atoms with van der Waals surface area (Å²) in [6.07, 6.45) is 6.46. The molecule has 0 bridgehead atoms. The second-order valence-corrected chi connectivity index (χ2v) is 9.91. The molecule has 2 fully saturated rings. The van der Waals surface area contributed by atoms with E-state index in [-0.39, 0.29) is 12.0 Å². The highest BCUT2D eigenvalue weighted by atomic mass is 32.2. The molecule has 1 aliphatic heterocycles. The number of morpholine rings is 1. The first-order valence-corrected chi connectivity index (χ1v) is 12.2. The summed E-state index contributed by atoms with van der Waals surface area (Å²) in [4.78, 5) is 19.7. The summed E-state index contributed by atoms with van der Waals surface area (Å²) in [6.45, 7) is 13.0. The van der Waals surface area contributed by atoms with Crippen molar-refractivity contribution in [3.05, 3.63) is 11.4 Å². The van der Waals surface area contributed by atoms with Gasteiger partial charge in [-0.3, -0.25) is 9.69 Å². The first-order chi connectivity index (χ1) is 13.9. The van der Waals surface area contributed by atoms with E-state index >= 15 is 0 Å². The standard InChI is InChI=1S/C22H38N4O2S/c1-16(2)13-25-10-11-28-20(14-25)12-23-21(27)15-29-22-24-17(3)18(4)26(22)19-8-6-5-7-9-19/h16,19-20H,5-15H2,1-4H3,(H,23,27)/t20-/m0/s1. The lowest BCUT2D eigenvalue weighted by atomic mass is 9.95. The van der Waals surface area contributed by atoms with Gasteiger partial charge in [-0.05, 0) is 32.6 Å². The van der Waals surface area contributed by atoms with Crippen LogP contribution >= 0.6 is 11.8 Å². The summed E-state index contributed by atoms with van der Waals surface area (Å²) < 4.78 is 8.23. The predicted molar refractivity (Wildman–Crippen MR) is 119 cm³/mol. The summed E-state index contributed by atoms with van der Waals surface area (Å²) in [6, 6.07) is 0.540. The summed E-state index contributed by atoms with van der Waals surface area (Å²) in [5.41, 5.74) is 2.33. The fraction of sp³-hybridized carbons (Fsp3) is 0.818. The van der Waals surface area contributed by atoms with Crippen LogP contribution in [0.2, 0.25) is 0 Å². The molecule has 1 aliphatic carbocycles. The maximum Gasteiger partial charge on any atom is 0.230 e. The van der Waals surface area contributed by atoms with Crippen molar-refractivity contribution in [3.8, 4) is 0 Å². The van der Waals surface area contributed by atoms with E-state index in [9.17, 15) is 4.79 Å². The van der Waals surface area contributed by atoms with Gasteiger partial charge in [0.15, 0.2) is 5.16 Å². The fourth-order valence-electron chi connectivity index (χ4n) is 4.46. The Hall–Kier alpha value is -1.05. The number of carbonyl (C=O) groups is 1. The fourth-order valence-corrected chi connectivity index (χ4v) is 5.45. The van der Waals surface area contributed by atoms with E-state index in [4.69, 9.17) is 9.72 Å². The number of hydrogen-bond acceptors (Lipinski definition) is 5. The molecule has 0 spiro atoms. The van der Waals surface area contributed by atoms with Gasteiger partial charge in [-0.25, -0.2) is 4.98 Å². The molecule has 1 aromatic heterocycles. The number of ether oxygens (including phenoxy) is 1. The van der Waals surface area contributed by atoms with Crippen molar-refractivity contribution in [1.29, 1.82) is 0 Å². The molecule has 1 aromatic rings. The second-order valence-electron chi connectivity index (χ2n) is 8.97. The quantitative estimate of drug-likeness (QED) is 0.649. The molecule has 29 heavy (non-hydrogen) atoms. The largest absolute Gasteiger partial charge is 0.374 e. The number of carbonyl (C=O) groups excluding carboxylic acids is 1. The Balaban J connectivity index is 1.48. The number of aryl methyl sites for hydroxylation is 1. The van der Waals surface area contributed by atoms with Gasteiger partial charge < -0.3 is 14.6 Å². The van der Waals surface area contributed by atoms with E-state index in [1.807, 2.05) is 0 Å². The Kier molecular flexibility index (Phi) is 8.45. The first kappa shape index (κ1) is 22.6. The molecule has 1 saturated carbocycles. The van der Waals surface area contributed by atoms with Gasteiger partial charge in [0.1, 0.15) is 0 Å². The van der Waals surface area contributed by atoms with Gasteiger partial charge >= 0.3 is 0 Å². The van der Waals surface area contributed by atoms with Crippen LogP contribution in [0.4, 0.5) is 0 Å². The molecule has 1 amide bonds. The first-order valence-electron chi connectivity index (χ1n) is 11.2. The van der Waals surface area contributed by atoms with Gasteiger partial charge in [0.05, 0.1) is 24.2 Å². The molecule has 164 valence electrons. The highest BCUT2D eigenvalue weighted by Gasteiger charge is 2.24. The molecule has 6 nitrogen and oxygen atoms in total. The van der Waals surface area contributed by atoms with Crippen molar-refractivity contribution in [2.45, 2.75) is 77.1 Å². The molecular formula is C22H38N4O2S. The Bertz CT molecular complexity index is 670. The molecule has 3 rings (SSSR count). The normalized spacial score (nSPS) is 21.6. The van der Waals surface area contributed by atoms with Crippen molar-refractivity contribution >= 4 is 17.7 Å². The van der Waals surface area contributed by atoms with Gasteiger partial charge in [0.25, 0.3) is 0 Å². The zero-order chi connectivity index (χ0) is 20.8. The zero-order valence-electron chi connectivity index (χ0n) is 18.6. The molecule has 7 heteroatoms. The minimum atomic E-state index is 0.0630. The van der Waals surface area contributed by atoms with Crippen LogP contribution in [0.1, 0.15) is 63.4 Å². The lowest BCUT2D eigenvalue weighted by Gasteiger charge is -2.33. The Morgan fingerprint density at radius 2 is 2.03 bits per heavy atom. The Morgan fingerprint density at radius 3 is 2.76 bits per heavy atom. The van der Waals surface area contributed by atoms with Gasteiger partial charge in [0, 0.05) is 37.9 Å². The molecular weight excluding hydrogens is 384 g/mol. The van der Waals surface area contributed by atoms with E-state index in [1.165, 1.54) is 37.8 Å². The van der Waals surface area contributed by atoms with Crippen LogP contribution in [0, 0.1) is 19.8 Å². The van der Waals surface area contributed by atoms with Crippen molar-refractivity contribution < 1.29 is 9.53 Å². The molecule has 1 saturated heterocycles. The number of nitrogens with zero attached hydrogens (tertiary/aromatic N) is 3. The number of nitrogens with one attached hydrogen (secondary N) is 1. The molecule has 1 atom stereocenters. The van der Waals surface area contributed by atoms with Crippen LogP contribution in [0.3, 0.4) is 0 Å². The lowest BCUT2D eigenvalue weighted by molar-refractivity contribution is -0.119. The van der Waals surface area contributed by atoms with Crippen LogP contribution in [0.15, 0.2) is 5.16 Å². The summed E-state index contributed by atoms with van der Waals surface area (Å²) in [5, 5.41) is 4.07. The number of rotatable bonds is 8. The zero-order valence-corrected chi connectivity index (χ0v) is 19.4. The summed E-state index contributed by atoms with van der Waals surface area (Å²) >= 11 is 1.57. The summed E-state index contributed by atoms with van der Waals surface area (Å²) in [5.74, 6) is 1.12. The Labute approximate surface area is 180 Å². The molecule has 1 N–H and O–H groups in total.